The first kappa shape index (κ1) is 24.6. The Labute approximate surface area is 222 Å². The number of pyridine rings is 1. The van der Waals surface area contributed by atoms with E-state index in [4.69, 9.17) is 4.74 Å². The number of hydrogen-bond donors (Lipinski definition) is 3. The quantitative estimate of drug-likeness (QED) is 0.381. The first-order chi connectivity index (χ1) is 18.5. The maximum atomic E-state index is 13.3. The minimum absolute atomic E-state index is 0.134. The molecule has 1 amide bonds. The Balaban J connectivity index is 1.37. The lowest BCUT2D eigenvalue weighted by Gasteiger charge is -2.27. The lowest BCUT2D eigenvalue weighted by atomic mass is 10.00. The molecular weight excluding hydrogens is 502 g/mol. The Morgan fingerprint density at radius 3 is 2.55 bits per heavy atom. The van der Waals surface area contributed by atoms with Crippen LogP contribution < -0.4 is 20.3 Å². The van der Waals surface area contributed by atoms with Gasteiger partial charge < -0.3 is 20.3 Å². The average molecular weight is 532 g/mol. The number of hydrogen-bond acceptors (Lipinski definition) is 7. The molecule has 3 heterocycles. The van der Waals surface area contributed by atoms with Crippen molar-refractivity contribution in [2.75, 3.05) is 48.4 Å². The normalized spacial score (nSPS) is 18.6. The second kappa shape index (κ2) is 10.2. The molecule has 3 aromatic rings. The van der Waals surface area contributed by atoms with Crippen molar-refractivity contribution in [3.05, 3.63) is 78.0 Å². The molecule has 0 unspecified atom stereocenters. The lowest BCUT2D eigenvalue weighted by Crippen LogP contribution is -2.36. The first-order valence-electron chi connectivity index (χ1n) is 12.8. The molecule has 2 aromatic carbocycles. The topological polar surface area (TPSA) is 113 Å². The summed E-state index contributed by atoms with van der Waals surface area (Å²) in [6.45, 7) is 3.36. The van der Waals surface area contributed by atoms with E-state index in [1.807, 2.05) is 42.5 Å². The first-order valence-corrected chi connectivity index (χ1v) is 14.3. The lowest BCUT2D eigenvalue weighted by molar-refractivity contribution is -0.110. The Kier molecular flexibility index (Phi) is 6.61. The molecule has 3 N–H and O–H groups in total. The highest BCUT2D eigenvalue weighted by molar-refractivity contribution is 7.89. The number of benzene rings is 2. The minimum Gasteiger partial charge on any atom is -0.378 e. The Morgan fingerprint density at radius 2 is 1.84 bits per heavy atom. The Morgan fingerprint density at radius 1 is 1.05 bits per heavy atom. The van der Waals surface area contributed by atoms with Crippen LogP contribution in [0, 0.1) is 5.92 Å². The maximum Gasteiger partial charge on any atom is 0.258 e. The Bertz CT molecular complexity index is 1480. The number of nitrogens with one attached hydrogen (secondary N) is 3. The van der Waals surface area contributed by atoms with Gasteiger partial charge in [0.25, 0.3) is 5.91 Å². The summed E-state index contributed by atoms with van der Waals surface area (Å²) in [6, 6.07) is 18.1. The summed E-state index contributed by atoms with van der Waals surface area (Å²) in [6.07, 6.45) is 3.84. The number of fused-ring (bicyclic) bond motifs is 1. The number of sulfonamides is 1. The van der Waals surface area contributed by atoms with Crippen molar-refractivity contribution in [1.82, 2.24) is 9.71 Å². The monoisotopic (exact) mass is 531 g/mol. The molecule has 1 aliphatic carbocycles. The molecule has 0 radical (unpaired) electrons. The fourth-order valence-corrected chi connectivity index (χ4v) is 5.80. The van der Waals surface area contributed by atoms with Gasteiger partial charge >= 0.3 is 0 Å². The number of aromatic nitrogens is 1. The summed E-state index contributed by atoms with van der Waals surface area (Å²) < 4.78 is 34.1. The third-order valence-corrected chi connectivity index (χ3v) is 8.39. The molecule has 0 atom stereocenters. The highest BCUT2D eigenvalue weighted by Gasteiger charge is 2.31. The van der Waals surface area contributed by atoms with E-state index in [0.717, 1.165) is 37.3 Å². The van der Waals surface area contributed by atoms with Crippen molar-refractivity contribution in [3.63, 3.8) is 0 Å². The number of anilines is 3. The van der Waals surface area contributed by atoms with Crippen molar-refractivity contribution >= 4 is 44.4 Å². The summed E-state index contributed by atoms with van der Waals surface area (Å²) >= 11 is 0. The van der Waals surface area contributed by atoms with Crippen LogP contribution in [0.25, 0.3) is 11.3 Å². The molecule has 9 nitrogen and oxygen atoms in total. The van der Waals surface area contributed by atoms with Gasteiger partial charge in [0.05, 0.1) is 41.3 Å². The van der Waals surface area contributed by atoms with Crippen molar-refractivity contribution in [1.29, 1.82) is 0 Å². The predicted molar refractivity (Wildman–Crippen MR) is 147 cm³/mol. The van der Waals surface area contributed by atoms with E-state index in [0.29, 0.717) is 53.9 Å². The number of amides is 1. The van der Waals surface area contributed by atoms with E-state index >= 15 is 0 Å². The standard InChI is InChI=1S/C28H29N5O4S/c34-28-26(23-16-22(9-10-24(23)32-28)38(35,36)30-17-19-6-7-19)27(20-4-2-1-3-5-20)31-21-8-11-25(29-18-21)33-12-14-37-15-13-33/h1-5,8-11,16,18-19,30-31H,6-7,12-15,17H2,(H,32,34)/b27-26-. The number of morpholine rings is 1. The second-order valence-corrected chi connectivity index (χ2v) is 11.5. The molecule has 2 aliphatic heterocycles. The van der Waals surface area contributed by atoms with Crippen LogP contribution in [0.3, 0.4) is 0 Å². The van der Waals surface area contributed by atoms with Crippen molar-refractivity contribution in [2.45, 2.75) is 17.7 Å². The van der Waals surface area contributed by atoms with E-state index < -0.39 is 10.0 Å². The van der Waals surface area contributed by atoms with Crippen LogP contribution in [-0.2, 0) is 19.6 Å². The van der Waals surface area contributed by atoms with Gasteiger partial charge in [-0.3, -0.25) is 4.79 Å². The van der Waals surface area contributed by atoms with Crippen LogP contribution in [0.2, 0.25) is 0 Å². The van der Waals surface area contributed by atoms with Crippen molar-refractivity contribution in [2.24, 2.45) is 5.92 Å². The number of carbonyl (C=O) groups excluding carboxylic acids is 1. The van der Waals surface area contributed by atoms with Gasteiger partial charge in [0.15, 0.2) is 0 Å². The van der Waals surface area contributed by atoms with E-state index in [2.05, 4.69) is 25.2 Å². The molecule has 10 heteroatoms. The predicted octanol–water partition coefficient (Wildman–Crippen LogP) is 3.54. The van der Waals surface area contributed by atoms with E-state index in [1.54, 1.807) is 18.3 Å². The van der Waals surface area contributed by atoms with Gasteiger partial charge in [0.1, 0.15) is 5.82 Å². The second-order valence-electron chi connectivity index (χ2n) is 9.70. The number of ether oxygens (including phenoxy) is 1. The molecular formula is C28H29N5O4S. The third kappa shape index (κ3) is 5.15. The smallest absolute Gasteiger partial charge is 0.258 e. The largest absolute Gasteiger partial charge is 0.378 e. The van der Waals surface area contributed by atoms with Crippen LogP contribution in [0.5, 0.6) is 0 Å². The molecule has 1 saturated heterocycles. The highest BCUT2D eigenvalue weighted by Crippen LogP contribution is 2.39. The van der Waals surface area contributed by atoms with Crippen LogP contribution >= 0.6 is 0 Å². The molecule has 38 heavy (non-hydrogen) atoms. The van der Waals surface area contributed by atoms with Gasteiger partial charge in [0.2, 0.25) is 10.0 Å². The number of carbonyl (C=O) groups is 1. The zero-order valence-electron chi connectivity index (χ0n) is 20.8. The van der Waals surface area contributed by atoms with Gasteiger partial charge in [-0.15, -0.1) is 0 Å². The summed E-state index contributed by atoms with van der Waals surface area (Å²) in [7, 11) is -3.70. The van der Waals surface area contributed by atoms with E-state index in [9.17, 15) is 13.2 Å². The van der Waals surface area contributed by atoms with Crippen molar-refractivity contribution < 1.29 is 17.9 Å². The zero-order chi connectivity index (χ0) is 26.1. The van der Waals surface area contributed by atoms with Crippen LogP contribution in [0.15, 0.2) is 71.8 Å². The summed E-state index contributed by atoms with van der Waals surface area (Å²) in [5.74, 6) is 0.977. The van der Waals surface area contributed by atoms with Crippen LogP contribution in [0.4, 0.5) is 17.2 Å². The van der Waals surface area contributed by atoms with Gasteiger partial charge in [0, 0.05) is 30.9 Å². The fraction of sp³-hybridized carbons (Fsp3) is 0.286. The van der Waals surface area contributed by atoms with Crippen molar-refractivity contribution in [3.8, 4) is 0 Å². The number of rotatable bonds is 8. The highest BCUT2D eigenvalue weighted by atomic mass is 32.2. The SMILES string of the molecule is O=C1Nc2ccc(S(=O)(=O)NCC3CC3)cc2/C1=C(/Nc1ccc(N2CCOCC2)nc1)c1ccccc1. The molecule has 3 aliphatic rings. The summed E-state index contributed by atoms with van der Waals surface area (Å²) in [4.78, 5) is 20.2. The van der Waals surface area contributed by atoms with Gasteiger partial charge in [-0.2, -0.15) is 0 Å². The maximum absolute atomic E-state index is 13.3. The zero-order valence-corrected chi connectivity index (χ0v) is 21.6. The summed E-state index contributed by atoms with van der Waals surface area (Å²) in [5, 5.41) is 6.28. The van der Waals surface area contributed by atoms with Crippen LogP contribution in [-0.4, -0.2) is 52.2 Å². The molecule has 1 saturated carbocycles. The molecule has 2 fully saturated rings. The van der Waals surface area contributed by atoms with Gasteiger partial charge in [-0.25, -0.2) is 18.1 Å². The van der Waals surface area contributed by atoms with Crippen LogP contribution in [0.1, 0.15) is 24.0 Å². The molecule has 1 aromatic heterocycles. The van der Waals surface area contributed by atoms with E-state index in [-0.39, 0.29) is 10.8 Å². The molecule has 0 spiro atoms. The van der Waals surface area contributed by atoms with Gasteiger partial charge in [-0.05, 0) is 54.7 Å². The fourth-order valence-electron chi connectivity index (χ4n) is 4.66. The van der Waals surface area contributed by atoms with Gasteiger partial charge in [-0.1, -0.05) is 30.3 Å². The third-order valence-electron chi connectivity index (χ3n) is 6.97. The molecule has 0 bridgehead atoms. The van der Waals surface area contributed by atoms with E-state index in [1.165, 1.54) is 6.07 Å². The Hall–Kier alpha value is -3.73. The minimum atomic E-state index is -3.70. The average Bonchev–Trinajstić information content (AvgIpc) is 3.73. The molecule has 196 valence electrons. The number of nitrogens with zero attached hydrogens (tertiary/aromatic N) is 2. The summed E-state index contributed by atoms with van der Waals surface area (Å²) in [5.41, 5.74) is 3.56. The molecule has 6 rings (SSSR count).